The maximum atomic E-state index is 11.8. The average Bonchev–Trinajstić information content (AvgIpc) is 2.36. The second-order valence-corrected chi connectivity index (χ2v) is 3.80. The van der Waals surface area contributed by atoms with E-state index in [0.29, 0.717) is 17.1 Å². The van der Waals surface area contributed by atoms with Crippen molar-refractivity contribution in [2.45, 2.75) is 6.92 Å². The van der Waals surface area contributed by atoms with Gasteiger partial charge in [-0.2, -0.15) is 0 Å². The maximum Gasteiger partial charge on any atom is 0.339 e. The zero-order chi connectivity index (χ0) is 13.0. The van der Waals surface area contributed by atoms with Crippen molar-refractivity contribution in [3.8, 4) is 5.75 Å². The fourth-order valence-electron chi connectivity index (χ4n) is 1.52. The molecule has 0 spiro atoms. The Kier molecular flexibility index (Phi) is 3.57. The van der Waals surface area contributed by atoms with Crippen LogP contribution in [0.15, 0.2) is 51.7 Å². The first-order chi connectivity index (χ1) is 8.65. The van der Waals surface area contributed by atoms with E-state index in [0.717, 1.165) is 0 Å². The summed E-state index contributed by atoms with van der Waals surface area (Å²) in [7, 11) is 0. The second kappa shape index (κ2) is 5.31. The molecular weight excluding hydrogens is 232 g/mol. The van der Waals surface area contributed by atoms with Gasteiger partial charge in [0.1, 0.15) is 11.5 Å². The van der Waals surface area contributed by atoms with Crippen LogP contribution in [0.25, 0.3) is 0 Å². The number of ether oxygens (including phenoxy) is 1. The highest BCUT2D eigenvalue weighted by Crippen LogP contribution is 2.10. The fourth-order valence-corrected chi connectivity index (χ4v) is 1.52. The number of benzene rings is 1. The Morgan fingerprint density at radius 1 is 1.22 bits per heavy atom. The van der Waals surface area contributed by atoms with E-state index in [2.05, 4.69) is 0 Å². The molecule has 1 aromatic carbocycles. The van der Waals surface area contributed by atoms with E-state index >= 15 is 0 Å². The number of carbonyl (C=O) groups is 1. The predicted molar refractivity (Wildman–Crippen MR) is 66.0 cm³/mol. The third kappa shape index (κ3) is 3.07. The summed E-state index contributed by atoms with van der Waals surface area (Å²) >= 11 is 0. The Bertz CT molecular complexity index is 599. The van der Waals surface area contributed by atoms with Crippen LogP contribution in [0, 0.1) is 6.92 Å². The summed E-state index contributed by atoms with van der Waals surface area (Å²) in [6.07, 6.45) is 0. The van der Waals surface area contributed by atoms with Crippen molar-refractivity contribution in [2.24, 2.45) is 0 Å². The van der Waals surface area contributed by atoms with E-state index in [1.807, 2.05) is 6.07 Å². The molecule has 0 saturated carbocycles. The third-order valence-electron chi connectivity index (χ3n) is 2.33. The van der Waals surface area contributed by atoms with Gasteiger partial charge < -0.3 is 9.15 Å². The van der Waals surface area contributed by atoms with E-state index in [4.69, 9.17) is 9.15 Å². The molecule has 0 bridgehead atoms. The van der Waals surface area contributed by atoms with Gasteiger partial charge in [0.2, 0.25) is 0 Å². The quantitative estimate of drug-likeness (QED) is 0.774. The van der Waals surface area contributed by atoms with E-state index in [-0.39, 0.29) is 12.4 Å². The van der Waals surface area contributed by atoms with Crippen molar-refractivity contribution in [3.63, 3.8) is 0 Å². The summed E-state index contributed by atoms with van der Waals surface area (Å²) in [5, 5.41) is 0. The van der Waals surface area contributed by atoms with Crippen molar-refractivity contribution in [3.05, 3.63) is 64.2 Å². The molecule has 0 aliphatic heterocycles. The van der Waals surface area contributed by atoms with E-state index in [1.54, 1.807) is 37.3 Å². The van der Waals surface area contributed by atoms with Gasteiger partial charge in [-0.15, -0.1) is 0 Å². The Morgan fingerprint density at radius 3 is 2.61 bits per heavy atom. The fraction of sp³-hybridized carbons (Fsp3) is 0.143. The topological polar surface area (TPSA) is 56.5 Å². The highest BCUT2D eigenvalue weighted by Gasteiger charge is 2.07. The van der Waals surface area contributed by atoms with Crippen LogP contribution in [-0.4, -0.2) is 12.4 Å². The molecule has 2 aromatic rings. The summed E-state index contributed by atoms with van der Waals surface area (Å²) in [6, 6.07) is 11.6. The number of carbonyl (C=O) groups excluding carboxylic acids is 1. The lowest BCUT2D eigenvalue weighted by Gasteiger charge is -2.05. The largest absolute Gasteiger partial charge is 0.485 e. The average molecular weight is 244 g/mol. The zero-order valence-electron chi connectivity index (χ0n) is 9.88. The molecule has 0 unspecified atom stereocenters. The Morgan fingerprint density at radius 2 is 1.94 bits per heavy atom. The lowest BCUT2D eigenvalue weighted by Crippen LogP contribution is -2.12. The first-order valence-corrected chi connectivity index (χ1v) is 5.48. The minimum absolute atomic E-state index is 0.104. The minimum atomic E-state index is -0.489. The number of hydrogen-bond acceptors (Lipinski definition) is 4. The molecule has 1 aromatic heterocycles. The van der Waals surface area contributed by atoms with Crippen LogP contribution in [0.4, 0.5) is 0 Å². The first kappa shape index (κ1) is 12.1. The predicted octanol–water partition coefficient (Wildman–Crippen LogP) is 2.21. The summed E-state index contributed by atoms with van der Waals surface area (Å²) in [5.41, 5.74) is 0.0920. The third-order valence-corrected chi connectivity index (χ3v) is 2.33. The molecule has 0 aliphatic carbocycles. The Hall–Kier alpha value is -2.36. The van der Waals surface area contributed by atoms with Crippen LogP contribution >= 0.6 is 0 Å². The molecule has 2 rings (SSSR count). The molecule has 0 amide bonds. The highest BCUT2D eigenvalue weighted by molar-refractivity contribution is 5.97. The molecule has 0 saturated heterocycles. The smallest absolute Gasteiger partial charge is 0.339 e. The summed E-state index contributed by atoms with van der Waals surface area (Å²) in [6.45, 7) is 1.54. The first-order valence-electron chi connectivity index (χ1n) is 5.48. The number of ketones is 1. The van der Waals surface area contributed by atoms with Gasteiger partial charge in [-0.05, 0) is 6.92 Å². The maximum absolute atomic E-state index is 11.8. The lowest BCUT2D eigenvalue weighted by molar-refractivity contribution is 0.0920. The van der Waals surface area contributed by atoms with Gasteiger partial charge in [-0.25, -0.2) is 4.79 Å². The molecule has 0 aliphatic rings. The number of aryl methyl sites for hydroxylation is 1. The van der Waals surface area contributed by atoms with Gasteiger partial charge in [-0.1, -0.05) is 30.3 Å². The number of Topliss-reactive ketones (excluding diaryl/α,β-unsaturated/α-hetero) is 1. The van der Waals surface area contributed by atoms with Gasteiger partial charge in [0, 0.05) is 11.6 Å². The zero-order valence-corrected chi connectivity index (χ0v) is 9.88. The minimum Gasteiger partial charge on any atom is -0.485 e. The van der Waals surface area contributed by atoms with E-state index < -0.39 is 5.63 Å². The van der Waals surface area contributed by atoms with E-state index in [1.165, 1.54) is 6.07 Å². The highest BCUT2D eigenvalue weighted by atomic mass is 16.5. The molecule has 92 valence electrons. The number of rotatable bonds is 4. The van der Waals surface area contributed by atoms with Crippen LogP contribution in [0.2, 0.25) is 0 Å². The molecule has 18 heavy (non-hydrogen) atoms. The molecule has 0 radical (unpaired) electrons. The Balaban J connectivity index is 2.04. The van der Waals surface area contributed by atoms with Crippen LogP contribution in [0.3, 0.4) is 0 Å². The van der Waals surface area contributed by atoms with Crippen LogP contribution < -0.4 is 10.4 Å². The molecule has 4 nitrogen and oxygen atoms in total. The second-order valence-electron chi connectivity index (χ2n) is 3.80. The normalized spacial score (nSPS) is 10.1. The monoisotopic (exact) mass is 244 g/mol. The SMILES string of the molecule is Cc1cc(OCC(=O)c2ccccc2)cc(=O)o1. The van der Waals surface area contributed by atoms with Crippen molar-refractivity contribution >= 4 is 5.78 Å². The van der Waals surface area contributed by atoms with Gasteiger partial charge in [0.25, 0.3) is 0 Å². The standard InChI is InChI=1S/C14H12O4/c1-10-7-12(8-14(16)18-10)17-9-13(15)11-5-3-2-4-6-11/h2-8H,9H2,1H3. The summed E-state index contributed by atoms with van der Waals surface area (Å²) in [5.74, 6) is 0.652. The lowest BCUT2D eigenvalue weighted by atomic mass is 10.1. The molecule has 1 heterocycles. The molecule has 0 N–H and O–H groups in total. The van der Waals surface area contributed by atoms with Crippen molar-refractivity contribution < 1.29 is 13.9 Å². The van der Waals surface area contributed by atoms with E-state index in [9.17, 15) is 9.59 Å². The van der Waals surface area contributed by atoms with Crippen LogP contribution in [-0.2, 0) is 0 Å². The summed E-state index contributed by atoms with van der Waals surface area (Å²) in [4.78, 5) is 22.9. The molecule has 0 fully saturated rings. The van der Waals surface area contributed by atoms with Crippen molar-refractivity contribution in [1.82, 2.24) is 0 Å². The molecule has 4 heteroatoms. The number of hydrogen-bond donors (Lipinski definition) is 0. The molecular formula is C14H12O4. The van der Waals surface area contributed by atoms with Gasteiger partial charge in [0.15, 0.2) is 12.4 Å². The van der Waals surface area contributed by atoms with Crippen LogP contribution in [0.5, 0.6) is 5.75 Å². The van der Waals surface area contributed by atoms with Crippen molar-refractivity contribution in [1.29, 1.82) is 0 Å². The van der Waals surface area contributed by atoms with Crippen molar-refractivity contribution in [2.75, 3.05) is 6.61 Å². The summed E-state index contributed by atoms with van der Waals surface area (Å²) < 4.78 is 10.1. The molecule has 0 atom stereocenters. The van der Waals surface area contributed by atoms with Gasteiger partial charge in [0.05, 0.1) is 6.07 Å². The Labute approximate surface area is 104 Å². The van der Waals surface area contributed by atoms with Crippen LogP contribution in [0.1, 0.15) is 16.1 Å². The van der Waals surface area contributed by atoms with Gasteiger partial charge in [-0.3, -0.25) is 4.79 Å². The van der Waals surface area contributed by atoms with Gasteiger partial charge >= 0.3 is 5.63 Å².